The third-order valence-electron chi connectivity index (χ3n) is 5.43. The van der Waals surface area contributed by atoms with Crippen molar-refractivity contribution in [3.8, 4) is 0 Å². The van der Waals surface area contributed by atoms with Crippen LogP contribution in [0.15, 0.2) is 23.1 Å². The number of rotatable bonds is 4. The molecule has 1 aromatic carbocycles. The van der Waals surface area contributed by atoms with Crippen LogP contribution in [0.2, 0.25) is 0 Å². The van der Waals surface area contributed by atoms with Gasteiger partial charge in [0.05, 0.1) is 20.1 Å². The van der Waals surface area contributed by atoms with Crippen LogP contribution in [0.5, 0.6) is 0 Å². The third kappa shape index (κ3) is 3.74. The number of piperidine rings is 1. The summed E-state index contributed by atoms with van der Waals surface area (Å²) in [5.41, 5.74) is 0.916. The highest BCUT2D eigenvalue weighted by Crippen LogP contribution is 2.34. The minimum Gasteiger partial charge on any atom is -0.306 e. The first-order valence-corrected chi connectivity index (χ1v) is 11.4. The van der Waals surface area contributed by atoms with Gasteiger partial charge >= 0.3 is 0 Å². The van der Waals surface area contributed by atoms with Gasteiger partial charge in [-0.1, -0.05) is 12.8 Å². The number of likely N-dealkylation sites (tertiary alicyclic amines) is 1. The highest BCUT2D eigenvalue weighted by molar-refractivity contribution is 7.89. The lowest BCUT2D eigenvalue weighted by Gasteiger charge is -2.27. The zero-order valence-corrected chi connectivity index (χ0v) is 16.2. The molecule has 1 saturated carbocycles. The largest absolute Gasteiger partial charge is 0.306 e. The first-order valence-electron chi connectivity index (χ1n) is 9.13. The summed E-state index contributed by atoms with van der Waals surface area (Å²) in [7, 11) is -1.28. The molecule has 1 aliphatic carbocycles. The molecule has 1 N–H and O–H groups in total. The summed E-state index contributed by atoms with van der Waals surface area (Å²) in [5.74, 6) is 0.505. The van der Waals surface area contributed by atoms with Crippen LogP contribution in [-0.4, -0.2) is 44.5 Å². The monoisotopic (exact) mass is 379 g/mol. The fourth-order valence-electron chi connectivity index (χ4n) is 3.85. The Morgan fingerprint density at radius 2 is 1.88 bits per heavy atom. The standard InChI is InChI=1S/C18H25N3O2S2/c1-21-10-8-13(9-11-21)18-19-16-7-6-15(12-17(16)24-18)25(22,23)20-14-4-2-3-5-14/h6-7,12-14,20H,2-5,8-11H2,1H3. The molecule has 5 nitrogen and oxygen atoms in total. The van der Waals surface area contributed by atoms with Crippen LogP contribution in [0.3, 0.4) is 0 Å². The molecule has 136 valence electrons. The maximum atomic E-state index is 12.6. The molecule has 0 unspecified atom stereocenters. The molecular formula is C18H25N3O2S2. The first kappa shape index (κ1) is 17.4. The topological polar surface area (TPSA) is 62.3 Å². The molecule has 25 heavy (non-hydrogen) atoms. The Hall–Kier alpha value is -1.02. The summed E-state index contributed by atoms with van der Waals surface area (Å²) in [6, 6.07) is 5.44. The molecule has 0 radical (unpaired) electrons. The molecule has 0 atom stereocenters. The van der Waals surface area contributed by atoms with Crippen molar-refractivity contribution in [2.24, 2.45) is 0 Å². The van der Waals surface area contributed by atoms with Crippen LogP contribution in [-0.2, 0) is 10.0 Å². The Bertz CT molecular complexity index is 848. The summed E-state index contributed by atoms with van der Waals surface area (Å²) in [6.07, 6.45) is 6.38. The minimum atomic E-state index is -3.44. The van der Waals surface area contributed by atoms with Crippen molar-refractivity contribution in [3.05, 3.63) is 23.2 Å². The average molecular weight is 380 g/mol. The molecule has 0 bridgehead atoms. The maximum Gasteiger partial charge on any atom is 0.240 e. The number of nitrogens with zero attached hydrogens (tertiary/aromatic N) is 2. The predicted molar refractivity (Wildman–Crippen MR) is 102 cm³/mol. The molecule has 1 aliphatic heterocycles. The van der Waals surface area contributed by atoms with Crippen molar-refractivity contribution in [3.63, 3.8) is 0 Å². The Morgan fingerprint density at radius 3 is 2.60 bits per heavy atom. The third-order valence-corrected chi connectivity index (χ3v) is 8.13. The predicted octanol–water partition coefficient (Wildman–Crippen LogP) is 3.33. The van der Waals surface area contributed by atoms with E-state index >= 15 is 0 Å². The second-order valence-electron chi connectivity index (χ2n) is 7.36. The van der Waals surface area contributed by atoms with E-state index in [4.69, 9.17) is 4.98 Å². The zero-order chi connectivity index (χ0) is 17.4. The average Bonchev–Trinajstić information content (AvgIpc) is 3.23. The molecule has 7 heteroatoms. The van der Waals surface area contributed by atoms with Gasteiger partial charge in [0.1, 0.15) is 0 Å². The Kier molecular flexibility index (Phi) is 4.83. The van der Waals surface area contributed by atoms with Crippen molar-refractivity contribution in [2.75, 3.05) is 20.1 Å². The normalized spacial score (nSPS) is 21.3. The lowest BCUT2D eigenvalue weighted by Crippen LogP contribution is -2.32. The van der Waals surface area contributed by atoms with Crippen molar-refractivity contribution >= 4 is 31.6 Å². The summed E-state index contributed by atoms with van der Waals surface area (Å²) in [4.78, 5) is 7.49. The Labute approximate surface area is 153 Å². The number of benzene rings is 1. The lowest BCUT2D eigenvalue weighted by atomic mass is 9.98. The number of aromatic nitrogens is 1. The van der Waals surface area contributed by atoms with Gasteiger partial charge in [-0.25, -0.2) is 18.1 Å². The highest BCUT2D eigenvalue weighted by Gasteiger charge is 2.25. The maximum absolute atomic E-state index is 12.6. The molecule has 0 spiro atoms. The van der Waals surface area contributed by atoms with Crippen LogP contribution in [0.4, 0.5) is 0 Å². The number of hydrogen-bond donors (Lipinski definition) is 1. The highest BCUT2D eigenvalue weighted by atomic mass is 32.2. The van der Waals surface area contributed by atoms with Gasteiger partial charge in [0.2, 0.25) is 10.0 Å². The Morgan fingerprint density at radius 1 is 1.16 bits per heavy atom. The van der Waals surface area contributed by atoms with Gasteiger partial charge in [-0.05, 0) is 64.0 Å². The number of sulfonamides is 1. The van der Waals surface area contributed by atoms with Gasteiger partial charge in [0, 0.05) is 12.0 Å². The van der Waals surface area contributed by atoms with Crippen LogP contribution in [0, 0.1) is 0 Å². The van der Waals surface area contributed by atoms with E-state index in [1.807, 2.05) is 6.07 Å². The summed E-state index contributed by atoms with van der Waals surface area (Å²) >= 11 is 1.66. The van der Waals surface area contributed by atoms with E-state index in [1.165, 1.54) is 0 Å². The van der Waals surface area contributed by atoms with Crippen molar-refractivity contribution in [1.82, 2.24) is 14.6 Å². The van der Waals surface area contributed by atoms with Gasteiger partial charge in [-0.15, -0.1) is 11.3 Å². The number of thiazole rings is 1. The molecule has 1 aromatic heterocycles. The molecule has 0 amide bonds. The van der Waals surface area contributed by atoms with Gasteiger partial charge in [0.25, 0.3) is 0 Å². The molecule has 2 heterocycles. The summed E-state index contributed by atoms with van der Waals surface area (Å²) in [5, 5.41) is 1.15. The first-order chi connectivity index (χ1) is 12.0. The fraction of sp³-hybridized carbons (Fsp3) is 0.611. The van der Waals surface area contributed by atoms with Gasteiger partial charge in [-0.2, -0.15) is 0 Å². The summed E-state index contributed by atoms with van der Waals surface area (Å²) < 4.78 is 29.1. The number of nitrogens with one attached hydrogen (secondary N) is 1. The smallest absolute Gasteiger partial charge is 0.240 e. The van der Waals surface area contributed by atoms with E-state index in [1.54, 1.807) is 23.5 Å². The van der Waals surface area contributed by atoms with Gasteiger partial charge in [0.15, 0.2) is 0 Å². The zero-order valence-electron chi connectivity index (χ0n) is 14.6. The van der Waals surface area contributed by atoms with Crippen LogP contribution in [0.25, 0.3) is 10.2 Å². The second-order valence-corrected chi connectivity index (χ2v) is 10.1. The molecule has 4 rings (SSSR count). The quantitative estimate of drug-likeness (QED) is 0.885. The molecule has 1 saturated heterocycles. The van der Waals surface area contributed by atoms with Gasteiger partial charge < -0.3 is 4.90 Å². The second kappa shape index (κ2) is 6.95. The van der Waals surface area contributed by atoms with Crippen LogP contribution >= 0.6 is 11.3 Å². The van der Waals surface area contributed by atoms with E-state index < -0.39 is 10.0 Å². The number of hydrogen-bond acceptors (Lipinski definition) is 5. The van der Waals surface area contributed by atoms with E-state index in [-0.39, 0.29) is 6.04 Å². The Balaban J connectivity index is 1.57. The molecule has 2 aliphatic rings. The fourth-order valence-corrected chi connectivity index (χ4v) is 6.43. The van der Waals surface area contributed by atoms with Crippen molar-refractivity contribution in [2.45, 2.75) is 55.4 Å². The SMILES string of the molecule is CN1CCC(c2nc3ccc(S(=O)(=O)NC4CCCC4)cc3s2)CC1. The molecule has 2 aromatic rings. The van der Waals surface area contributed by atoms with E-state index in [0.717, 1.165) is 66.8 Å². The van der Waals surface area contributed by atoms with Crippen LogP contribution < -0.4 is 4.72 Å². The van der Waals surface area contributed by atoms with E-state index in [2.05, 4.69) is 16.7 Å². The number of fused-ring (bicyclic) bond motifs is 1. The minimum absolute atomic E-state index is 0.0944. The van der Waals surface area contributed by atoms with Crippen molar-refractivity contribution < 1.29 is 8.42 Å². The van der Waals surface area contributed by atoms with Gasteiger partial charge in [-0.3, -0.25) is 0 Å². The van der Waals surface area contributed by atoms with Crippen molar-refractivity contribution in [1.29, 1.82) is 0 Å². The molecular weight excluding hydrogens is 354 g/mol. The van der Waals surface area contributed by atoms with Crippen LogP contribution in [0.1, 0.15) is 49.5 Å². The van der Waals surface area contributed by atoms with E-state index in [0.29, 0.717) is 10.8 Å². The summed E-state index contributed by atoms with van der Waals surface area (Å²) in [6.45, 7) is 2.21. The van der Waals surface area contributed by atoms with E-state index in [9.17, 15) is 8.42 Å². The molecule has 2 fully saturated rings. The lowest BCUT2D eigenvalue weighted by molar-refractivity contribution is 0.255.